The minimum Gasteiger partial charge on any atom is -0.494 e. The van der Waals surface area contributed by atoms with Crippen molar-refractivity contribution >= 4 is 6.03 Å². The van der Waals surface area contributed by atoms with E-state index in [4.69, 9.17) is 14.2 Å². The Morgan fingerprint density at radius 2 is 2.03 bits per heavy atom. The number of hydrogen-bond acceptors (Lipinski definition) is 4. The number of hydrogen-bond donors (Lipinski definition) is 1. The van der Waals surface area contributed by atoms with Crippen molar-refractivity contribution in [1.29, 1.82) is 0 Å². The molecule has 154 valence electrons. The van der Waals surface area contributed by atoms with Crippen LogP contribution in [0.25, 0.3) is 0 Å². The predicted octanol–water partition coefficient (Wildman–Crippen LogP) is 4.46. The van der Waals surface area contributed by atoms with Gasteiger partial charge in [-0.25, -0.2) is 4.79 Å². The van der Waals surface area contributed by atoms with Gasteiger partial charge in [0.1, 0.15) is 19.0 Å². The minimum absolute atomic E-state index is 0.0447. The summed E-state index contributed by atoms with van der Waals surface area (Å²) in [6, 6.07) is 13.8. The number of likely N-dealkylation sites (tertiary alicyclic amines) is 1. The molecule has 6 heteroatoms. The van der Waals surface area contributed by atoms with Gasteiger partial charge in [0.25, 0.3) is 0 Å². The first kappa shape index (κ1) is 19.4. The molecule has 2 atom stereocenters. The molecule has 2 aromatic carbocycles. The Hall–Kier alpha value is -2.89. The van der Waals surface area contributed by atoms with Crippen molar-refractivity contribution in [3.63, 3.8) is 0 Å². The lowest BCUT2D eigenvalue weighted by Gasteiger charge is -2.28. The molecule has 0 bridgehead atoms. The first-order chi connectivity index (χ1) is 14.2. The van der Waals surface area contributed by atoms with Gasteiger partial charge in [0.15, 0.2) is 11.5 Å². The average molecular weight is 396 g/mol. The van der Waals surface area contributed by atoms with Crippen LogP contribution < -0.4 is 19.5 Å². The van der Waals surface area contributed by atoms with Crippen LogP contribution in [0.1, 0.15) is 49.9 Å². The quantitative estimate of drug-likeness (QED) is 0.810. The SMILES string of the molecule is CCOc1cccc(C(C)NC(=O)N2CCCC2c2ccc3c(c2)OCCO3)c1. The summed E-state index contributed by atoms with van der Waals surface area (Å²) in [6.45, 7) is 6.46. The van der Waals surface area contributed by atoms with E-state index >= 15 is 0 Å². The van der Waals surface area contributed by atoms with Gasteiger partial charge in [-0.15, -0.1) is 0 Å². The maximum Gasteiger partial charge on any atom is 0.318 e. The number of nitrogens with zero attached hydrogens (tertiary/aromatic N) is 1. The van der Waals surface area contributed by atoms with Gasteiger partial charge in [0.05, 0.1) is 18.7 Å². The standard InChI is InChI=1S/C23H28N2O4/c1-3-27-19-7-4-6-17(14-19)16(2)24-23(26)25-11-5-8-20(25)18-9-10-21-22(15-18)29-13-12-28-21/h4,6-7,9-10,14-16,20H,3,5,8,11-13H2,1-2H3,(H,24,26). The van der Waals surface area contributed by atoms with E-state index in [0.717, 1.165) is 47.8 Å². The number of carbonyl (C=O) groups excluding carboxylic acids is 1. The molecule has 6 nitrogen and oxygen atoms in total. The molecule has 29 heavy (non-hydrogen) atoms. The zero-order valence-corrected chi connectivity index (χ0v) is 17.0. The Morgan fingerprint density at radius 1 is 1.21 bits per heavy atom. The summed E-state index contributed by atoms with van der Waals surface area (Å²) in [4.78, 5) is 15.0. The van der Waals surface area contributed by atoms with Crippen molar-refractivity contribution in [2.45, 2.75) is 38.8 Å². The van der Waals surface area contributed by atoms with Crippen molar-refractivity contribution in [1.82, 2.24) is 10.2 Å². The summed E-state index contributed by atoms with van der Waals surface area (Å²) < 4.78 is 16.9. The summed E-state index contributed by atoms with van der Waals surface area (Å²) in [5.41, 5.74) is 2.12. The number of fused-ring (bicyclic) bond motifs is 1. The fraction of sp³-hybridized carbons (Fsp3) is 0.435. The molecule has 1 saturated heterocycles. The molecule has 0 aromatic heterocycles. The molecule has 4 rings (SSSR count). The average Bonchev–Trinajstić information content (AvgIpc) is 3.24. The highest BCUT2D eigenvalue weighted by molar-refractivity contribution is 5.75. The number of amides is 2. The largest absolute Gasteiger partial charge is 0.494 e. The topological polar surface area (TPSA) is 60.0 Å². The lowest BCUT2D eigenvalue weighted by molar-refractivity contribution is 0.170. The predicted molar refractivity (Wildman–Crippen MR) is 111 cm³/mol. The van der Waals surface area contributed by atoms with Crippen molar-refractivity contribution in [2.24, 2.45) is 0 Å². The van der Waals surface area contributed by atoms with Crippen molar-refractivity contribution in [2.75, 3.05) is 26.4 Å². The maximum absolute atomic E-state index is 13.0. The monoisotopic (exact) mass is 396 g/mol. The fourth-order valence-corrected chi connectivity index (χ4v) is 4.02. The molecule has 1 fully saturated rings. The smallest absolute Gasteiger partial charge is 0.318 e. The third kappa shape index (κ3) is 4.26. The number of rotatable bonds is 5. The van der Waals surface area contributed by atoms with Gasteiger partial charge in [0.2, 0.25) is 0 Å². The Bertz CT molecular complexity index is 870. The van der Waals surface area contributed by atoms with Crippen LogP contribution in [-0.4, -0.2) is 37.3 Å². The minimum atomic E-state index is -0.107. The van der Waals surface area contributed by atoms with Gasteiger partial charge < -0.3 is 24.4 Å². The van der Waals surface area contributed by atoms with E-state index in [1.807, 2.05) is 61.2 Å². The van der Waals surface area contributed by atoms with E-state index in [1.165, 1.54) is 0 Å². The van der Waals surface area contributed by atoms with Crippen LogP contribution in [0.3, 0.4) is 0 Å². The highest BCUT2D eigenvalue weighted by Crippen LogP contribution is 2.38. The zero-order valence-electron chi connectivity index (χ0n) is 17.0. The molecular formula is C23H28N2O4. The molecule has 2 aromatic rings. The van der Waals surface area contributed by atoms with Crippen molar-refractivity contribution in [3.05, 3.63) is 53.6 Å². The molecule has 0 saturated carbocycles. The summed E-state index contributed by atoms with van der Waals surface area (Å²) in [5, 5.41) is 3.15. The Kier molecular flexibility index (Phi) is 5.79. The molecule has 2 unspecified atom stereocenters. The molecule has 2 amide bonds. The Morgan fingerprint density at radius 3 is 2.86 bits per heavy atom. The molecule has 0 aliphatic carbocycles. The number of ether oxygens (including phenoxy) is 3. The van der Waals surface area contributed by atoms with Gasteiger partial charge in [-0.05, 0) is 62.1 Å². The maximum atomic E-state index is 13.0. The van der Waals surface area contributed by atoms with Crippen LogP contribution in [0.2, 0.25) is 0 Å². The first-order valence-corrected chi connectivity index (χ1v) is 10.3. The van der Waals surface area contributed by atoms with Crippen LogP contribution in [0, 0.1) is 0 Å². The van der Waals surface area contributed by atoms with E-state index in [-0.39, 0.29) is 18.1 Å². The Labute approximate surface area is 171 Å². The molecule has 0 radical (unpaired) electrons. The number of carbonyl (C=O) groups is 1. The lowest BCUT2D eigenvalue weighted by Crippen LogP contribution is -2.40. The van der Waals surface area contributed by atoms with E-state index in [9.17, 15) is 4.79 Å². The third-order valence-electron chi connectivity index (χ3n) is 5.47. The van der Waals surface area contributed by atoms with Crippen LogP contribution in [-0.2, 0) is 0 Å². The van der Waals surface area contributed by atoms with Gasteiger partial charge in [0, 0.05) is 6.54 Å². The molecule has 1 N–H and O–H groups in total. The Balaban J connectivity index is 1.46. The van der Waals surface area contributed by atoms with Gasteiger partial charge >= 0.3 is 6.03 Å². The van der Waals surface area contributed by atoms with Gasteiger partial charge in [-0.2, -0.15) is 0 Å². The normalized spacial score (nSPS) is 19.0. The lowest BCUT2D eigenvalue weighted by atomic mass is 10.0. The van der Waals surface area contributed by atoms with Gasteiger partial charge in [-0.3, -0.25) is 0 Å². The van der Waals surface area contributed by atoms with Crippen LogP contribution in [0.15, 0.2) is 42.5 Å². The fourth-order valence-electron chi connectivity index (χ4n) is 4.02. The summed E-state index contributed by atoms with van der Waals surface area (Å²) in [7, 11) is 0. The van der Waals surface area contributed by atoms with Crippen LogP contribution in [0.5, 0.6) is 17.2 Å². The summed E-state index contributed by atoms with van der Waals surface area (Å²) in [6.07, 6.45) is 1.93. The van der Waals surface area contributed by atoms with Crippen LogP contribution in [0.4, 0.5) is 4.79 Å². The third-order valence-corrected chi connectivity index (χ3v) is 5.47. The van der Waals surface area contributed by atoms with Crippen LogP contribution >= 0.6 is 0 Å². The van der Waals surface area contributed by atoms with E-state index < -0.39 is 0 Å². The molecule has 2 heterocycles. The molecule has 2 aliphatic rings. The molecule has 0 spiro atoms. The van der Waals surface area contributed by atoms with Crippen molar-refractivity contribution < 1.29 is 19.0 Å². The number of benzene rings is 2. The van der Waals surface area contributed by atoms with Gasteiger partial charge in [-0.1, -0.05) is 18.2 Å². The highest BCUT2D eigenvalue weighted by Gasteiger charge is 2.31. The zero-order chi connectivity index (χ0) is 20.2. The number of nitrogens with one attached hydrogen (secondary N) is 1. The van der Waals surface area contributed by atoms with Crippen molar-refractivity contribution in [3.8, 4) is 17.2 Å². The first-order valence-electron chi connectivity index (χ1n) is 10.3. The molecular weight excluding hydrogens is 368 g/mol. The van der Waals surface area contributed by atoms with E-state index in [1.54, 1.807) is 0 Å². The summed E-state index contributed by atoms with van der Waals surface area (Å²) >= 11 is 0. The molecule has 2 aliphatic heterocycles. The number of urea groups is 1. The highest BCUT2D eigenvalue weighted by atomic mass is 16.6. The van der Waals surface area contributed by atoms with E-state index in [0.29, 0.717) is 19.8 Å². The van der Waals surface area contributed by atoms with E-state index in [2.05, 4.69) is 5.32 Å². The summed E-state index contributed by atoms with van der Waals surface area (Å²) in [5.74, 6) is 2.36. The second kappa shape index (κ2) is 8.64. The second-order valence-corrected chi connectivity index (χ2v) is 7.43. The second-order valence-electron chi connectivity index (χ2n) is 7.43.